The predicted octanol–water partition coefficient (Wildman–Crippen LogP) is 8.25. The van der Waals surface area contributed by atoms with Crippen LogP contribution in [0.3, 0.4) is 0 Å². The van der Waals surface area contributed by atoms with Crippen LogP contribution in [0.1, 0.15) is 39.9 Å². The number of anilines is 2. The molecule has 0 aromatic heterocycles. The Balaban J connectivity index is 0.000000168. The van der Waals surface area contributed by atoms with Gasteiger partial charge in [0.2, 0.25) is 5.91 Å². The van der Waals surface area contributed by atoms with E-state index in [0.29, 0.717) is 33.8 Å². The molecule has 7 nitrogen and oxygen atoms in total. The van der Waals surface area contributed by atoms with Gasteiger partial charge in [-0.1, -0.05) is 70.7 Å². The van der Waals surface area contributed by atoms with Crippen LogP contribution >= 0.6 is 46.4 Å². The molecule has 258 valence electrons. The van der Waals surface area contributed by atoms with Crippen molar-refractivity contribution in [2.24, 2.45) is 0 Å². The van der Waals surface area contributed by atoms with Crippen LogP contribution in [-0.2, 0) is 28.9 Å². The number of rotatable bonds is 4. The van der Waals surface area contributed by atoms with Crippen LogP contribution in [0.25, 0.3) is 0 Å². The van der Waals surface area contributed by atoms with Crippen molar-refractivity contribution in [1.82, 2.24) is 10.6 Å². The Bertz CT molecular complexity index is 1720. The smallest absolute Gasteiger partial charge is 0.254 e. The molecule has 0 unspecified atom stereocenters. The lowest BCUT2D eigenvalue weighted by Crippen LogP contribution is -2.45. The molecule has 0 bridgehead atoms. The quantitative estimate of drug-likeness (QED) is 0.221. The van der Waals surface area contributed by atoms with Crippen molar-refractivity contribution in [3.05, 3.63) is 127 Å². The van der Waals surface area contributed by atoms with Gasteiger partial charge in [0.05, 0.1) is 11.3 Å². The lowest BCUT2D eigenvalue weighted by molar-refractivity contribution is -0.120. The summed E-state index contributed by atoms with van der Waals surface area (Å²) in [6.45, 7) is 3.82. The van der Waals surface area contributed by atoms with Crippen LogP contribution in [0.15, 0.2) is 84.9 Å². The van der Waals surface area contributed by atoms with Crippen molar-refractivity contribution < 1.29 is 14.3 Å². The van der Waals surface area contributed by atoms with Crippen LogP contribution in [0.4, 0.5) is 11.4 Å². The summed E-state index contributed by atoms with van der Waals surface area (Å²) in [4.78, 5) is 28.9. The second-order valence-corrected chi connectivity index (χ2v) is 14.0. The second-order valence-electron chi connectivity index (χ2n) is 12.3. The highest BCUT2D eigenvalue weighted by molar-refractivity contribution is 6.32. The minimum atomic E-state index is -0.639. The molecule has 3 aliphatic heterocycles. The lowest BCUT2D eigenvalue weighted by Gasteiger charge is -2.23. The highest BCUT2D eigenvalue weighted by Gasteiger charge is 2.32. The zero-order chi connectivity index (χ0) is 34.9. The molecule has 0 radical (unpaired) electrons. The molecule has 4 aromatic carbocycles. The van der Waals surface area contributed by atoms with Crippen LogP contribution in [0, 0.1) is 0 Å². The van der Waals surface area contributed by atoms with E-state index >= 15 is 0 Å². The fourth-order valence-corrected chi connectivity index (χ4v) is 6.61. The van der Waals surface area contributed by atoms with Crippen molar-refractivity contribution in [2.45, 2.75) is 44.3 Å². The maximum absolute atomic E-state index is 12.7. The average molecular weight is 743 g/mol. The van der Waals surface area contributed by atoms with E-state index < -0.39 is 6.04 Å². The SMILES string of the molecule is C1CCOC1.CN1C(=O)[C@H](Cc2ccc(Cl)cc2)NC(=O)c2cc(Cl)ccc21.CN1C[C@H](Cc2ccc(Cl)cc2)NCc2cc(Cl)ccc21. The highest BCUT2D eigenvalue weighted by Crippen LogP contribution is 2.28. The minimum absolute atomic E-state index is 0.172. The van der Waals surface area contributed by atoms with Gasteiger partial charge in [0, 0.05) is 78.6 Å². The average Bonchev–Trinajstić information content (AvgIpc) is 3.62. The molecule has 2 atom stereocenters. The van der Waals surface area contributed by atoms with Gasteiger partial charge in [-0.05, 0) is 96.6 Å². The number of nitrogens with zero attached hydrogens (tertiary/aromatic N) is 2. The number of fused-ring (bicyclic) bond motifs is 2. The molecule has 3 aliphatic rings. The van der Waals surface area contributed by atoms with E-state index in [1.54, 1.807) is 37.4 Å². The van der Waals surface area contributed by atoms with Gasteiger partial charge >= 0.3 is 0 Å². The number of likely N-dealkylation sites (N-methyl/N-ethyl adjacent to an activating group) is 2. The highest BCUT2D eigenvalue weighted by atomic mass is 35.5. The molecule has 0 spiro atoms. The Morgan fingerprint density at radius 2 is 1.27 bits per heavy atom. The maximum atomic E-state index is 12.7. The summed E-state index contributed by atoms with van der Waals surface area (Å²) in [6.07, 6.45) is 3.94. The summed E-state index contributed by atoms with van der Waals surface area (Å²) >= 11 is 23.9. The molecule has 1 fully saturated rings. The molecule has 1 saturated heterocycles. The van der Waals surface area contributed by atoms with E-state index in [-0.39, 0.29) is 11.8 Å². The monoisotopic (exact) mass is 740 g/mol. The van der Waals surface area contributed by atoms with E-state index in [2.05, 4.69) is 40.8 Å². The van der Waals surface area contributed by atoms with Gasteiger partial charge in [0.25, 0.3) is 5.91 Å². The normalized spacial score (nSPS) is 18.5. The van der Waals surface area contributed by atoms with Crippen molar-refractivity contribution in [3.8, 4) is 0 Å². The second kappa shape index (κ2) is 17.6. The first-order chi connectivity index (χ1) is 23.6. The molecule has 2 amide bonds. The van der Waals surface area contributed by atoms with Crippen LogP contribution < -0.4 is 20.4 Å². The molecule has 3 heterocycles. The molecule has 0 saturated carbocycles. The summed E-state index contributed by atoms with van der Waals surface area (Å²) < 4.78 is 4.94. The van der Waals surface area contributed by atoms with Gasteiger partial charge in [0.1, 0.15) is 6.04 Å². The Morgan fingerprint density at radius 1 is 0.714 bits per heavy atom. The Hall–Kier alpha value is -3.30. The van der Waals surface area contributed by atoms with Gasteiger partial charge in [-0.15, -0.1) is 0 Å². The number of hydrogen-bond acceptors (Lipinski definition) is 5. The zero-order valence-corrected chi connectivity index (χ0v) is 30.5. The summed E-state index contributed by atoms with van der Waals surface area (Å²) in [5.74, 6) is -0.478. The number of amides is 2. The summed E-state index contributed by atoms with van der Waals surface area (Å²) in [6, 6.07) is 26.1. The number of hydrogen-bond donors (Lipinski definition) is 2. The van der Waals surface area contributed by atoms with E-state index in [9.17, 15) is 9.59 Å². The molecule has 49 heavy (non-hydrogen) atoms. The largest absolute Gasteiger partial charge is 0.381 e. The summed E-state index contributed by atoms with van der Waals surface area (Å²) in [7, 11) is 3.79. The van der Waals surface area contributed by atoms with E-state index in [1.807, 2.05) is 36.4 Å². The van der Waals surface area contributed by atoms with Crippen molar-refractivity contribution in [2.75, 3.05) is 43.7 Å². The number of nitrogens with one attached hydrogen (secondary N) is 2. The number of halogens is 4. The van der Waals surface area contributed by atoms with Gasteiger partial charge < -0.3 is 25.2 Å². The Morgan fingerprint density at radius 3 is 1.86 bits per heavy atom. The van der Waals surface area contributed by atoms with Gasteiger partial charge in [-0.2, -0.15) is 0 Å². The van der Waals surface area contributed by atoms with Crippen molar-refractivity contribution in [3.63, 3.8) is 0 Å². The number of ether oxygens (including phenoxy) is 1. The zero-order valence-electron chi connectivity index (χ0n) is 27.5. The van der Waals surface area contributed by atoms with Crippen LogP contribution in [0.2, 0.25) is 20.1 Å². The lowest BCUT2D eigenvalue weighted by atomic mass is 10.1. The third kappa shape index (κ3) is 10.4. The van der Waals surface area contributed by atoms with E-state index in [0.717, 1.165) is 48.3 Å². The van der Waals surface area contributed by atoms with Crippen LogP contribution in [0.5, 0.6) is 0 Å². The van der Waals surface area contributed by atoms with E-state index in [1.165, 1.54) is 34.6 Å². The standard InChI is InChI=1S/C17H14Cl2N2O2.C17H18Cl2N2.C4H8O/c1-21-15-7-6-12(19)9-13(15)16(22)20-14(17(21)23)8-10-2-4-11(18)5-3-10;1-21-11-16(8-12-2-4-14(18)5-3-12)20-10-13-9-15(19)6-7-17(13)21;1-2-4-5-3-1/h2-7,9,14H,8H2,1H3,(H,20,22);2-7,9,16,20H,8,10-11H2,1H3;1-4H2/t14-;16-;/m00./s1. The fraction of sp³-hybridized carbons (Fsp3) is 0.316. The van der Waals surface area contributed by atoms with Crippen molar-refractivity contribution in [1.29, 1.82) is 0 Å². The molecule has 0 aliphatic carbocycles. The summed E-state index contributed by atoms with van der Waals surface area (Å²) in [5.41, 5.74) is 5.68. The molecule has 11 heteroatoms. The van der Waals surface area contributed by atoms with Gasteiger partial charge in [0.15, 0.2) is 0 Å². The Labute approximate surface area is 308 Å². The van der Waals surface area contributed by atoms with Crippen LogP contribution in [-0.4, -0.2) is 57.8 Å². The first-order valence-corrected chi connectivity index (χ1v) is 17.8. The molecule has 7 rings (SSSR count). The first-order valence-electron chi connectivity index (χ1n) is 16.2. The fourth-order valence-electron chi connectivity index (χ4n) is 6.00. The number of carbonyl (C=O) groups is 2. The molecular weight excluding hydrogens is 702 g/mol. The molecule has 2 N–H and O–H groups in total. The molecular formula is C38H40Cl4N4O3. The third-order valence-electron chi connectivity index (χ3n) is 8.60. The van der Waals surface area contributed by atoms with Gasteiger partial charge in [-0.25, -0.2) is 0 Å². The van der Waals surface area contributed by atoms with Gasteiger partial charge in [-0.3, -0.25) is 9.59 Å². The maximum Gasteiger partial charge on any atom is 0.254 e. The predicted molar refractivity (Wildman–Crippen MR) is 202 cm³/mol. The number of carbonyl (C=O) groups excluding carboxylic acids is 2. The third-order valence-corrected chi connectivity index (χ3v) is 9.58. The minimum Gasteiger partial charge on any atom is -0.381 e. The van der Waals surface area contributed by atoms with E-state index in [4.69, 9.17) is 51.1 Å². The topological polar surface area (TPSA) is 73.9 Å². The molecule has 4 aromatic rings. The Kier molecular flexibility index (Phi) is 13.3. The first kappa shape index (κ1) is 37.0. The van der Waals surface area contributed by atoms with Crippen molar-refractivity contribution >= 4 is 69.6 Å². The summed E-state index contributed by atoms with van der Waals surface area (Å²) in [5, 5.41) is 9.07. The number of benzene rings is 4.